The smallest absolute Gasteiger partial charge is 0.272 e. The van der Waals surface area contributed by atoms with Gasteiger partial charge in [0.25, 0.3) is 17.5 Å². The summed E-state index contributed by atoms with van der Waals surface area (Å²) in [6, 6.07) is 13.4. The minimum absolute atomic E-state index is 0.101. The van der Waals surface area contributed by atoms with Gasteiger partial charge in [0.2, 0.25) is 0 Å². The Morgan fingerprint density at radius 2 is 2.00 bits per heavy atom. The number of thioether (sulfide) groups is 1. The molecule has 0 saturated carbocycles. The van der Waals surface area contributed by atoms with E-state index in [9.17, 15) is 19.7 Å². The van der Waals surface area contributed by atoms with Gasteiger partial charge in [-0.1, -0.05) is 29.5 Å². The number of amides is 2. The van der Waals surface area contributed by atoms with Crippen LogP contribution in [0.4, 0.5) is 5.69 Å². The molecule has 1 aliphatic rings. The maximum atomic E-state index is 12.5. The second-order valence-corrected chi connectivity index (χ2v) is 7.08. The fourth-order valence-corrected chi connectivity index (χ4v) is 4.12. The van der Waals surface area contributed by atoms with Crippen molar-refractivity contribution in [3.63, 3.8) is 0 Å². The molecule has 2 amide bonds. The van der Waals surface area contributed by atoms with Crippen molar-refractivity contribution in [2.45, 2.75) is 11.9 Å². The third-order valence-corrected chi connectivity index (χ3v) is 5.42. The van der Waals surface area contributed by atoms with Gasteiger partial charge in [0.1, 0.15) is 17.4 Å². The summed E-state index contributed by atoms with van der Waals surface area (Å²) in [7, 11) is 0. The van der Waals surface area contributed by atoms with Crippen LogP contribution in [-0.4, -0.2) is 42.5 Å². The Labute approximate surface area is 162 Å². The second-order valence-electron chi connectivity index (χ2n) is 6.01. The number of carbonyl (C=O) groups excluding carboxylic acids is 2. The van der Waals surface area contributed by atoms with Crippen molar-refractivity contribution in [3.05, 3.63) is 64.2 Å². The van der Waals surface area contributed by atoms with Crippen LogP contribution in [0.1, 0.15) is 10.9 Å². The van der Waals surface area contributed by atoms with E-state index >= 15 is 0 Å². The van der Waals surface area contributed by atoms with E-state index in [1.54, 1.807) is 30.3 Å². The van der Waals surface area contributed by atoms with Crippen molar-refractivity contribution >= 4 is 40.3 Å². The Morgan fingerprint density at radius 1 is 1.25 bits per heavy atom. The maximum Gasteiger partial charge on any atom is 0.275 e. The molecule has 1 saturated heterocycles. The number of benzene rings is 2. The molecule has 2 aromatic carbocycles. The molecule has 3 aromatic rings. The van der Waals surface area contributed by atoms with Crippen LogP contribution in [0.3, 0.4) is 0 Å². The fraction of sp³-hybridized carbons (Fsp3) is 0.176. The number of nitrogens with one attached hydrogen (secondary N) is 1. The molecule has 0 spiro atoms. The SMILES string of the molecule is O=C(Cn1nnc2ccccc21)NN1C(=O)CSC1c1ccccc1[N+](=O)[O-]. The van der Waals surface area contributed by atoms with Crippen molar-refractivity contribution in [2.24, 2.45) is 0 Å². The topological polar surface area (TPSA) is 123 Å². The average Bonchev–Trinajstić information content (AvgIpc) is 3.26. The van der Waals surface area contributed by atoms with Crippen LogP contribution in [0, 0.1) is 10.1 Å². The zero-order chi connectivity index (χ0) is 19.7. The van der Waals surface area contributed by atoms with Crippen LogP contribution in [0.2, 0.25) is 0 Å². The van der Waals surface area contributed by atoms with E-state index in [1.165, 1.54) is 22.5 Å². The molecule has 142 valence electrons. The number of hydrogen-bond donors (Lipinski definition) is 1. The molecule has 0 bridgehead atoms. The number of nitro benzene ring substituents is 1. The van der Waals surface area contributed by atoms with Gasteiger partial charge in [0.15, 0.2) is 0 Å². The van der Waals surface area contributed by atoms with Crippen LogP contribution >= 0.6 is 11.8 Å². The molecule has 0 radical (unpaired) electrons. The van der Waals surface area contributed by atoms with Crippen molar-refractivity contribution in [1.29, 1.82) is 0 Å². The van der Waals surface area contributed by atoms with Gasteiger partial charge in [-0.3, -0.25) is 25.1 Å². The van der Waals surface area contributed by atoms with Gasteiger partial charge in [0, 0.05) is 6.07 Å². The molecule has 2 heterocycles. The van der Waals surface area contributed by atoms with E-state index in [-0.39, 0.29) is 23.9 Å². The summed E-state index contributed by atoms with van der Waals surface area (Å²) in [6.07, 6.45) is 0. The Balaban J connectivity index is 1.55. The molecule has 0 aliphatic carbocycles. The molecule has 28 heavy (non-hydrogen) atoms. The van der Waals surface area contributed by atoms with Crippen molar-refractivity contribution < 1.29 is 14.5 Å². The number of aromatic nitrogens is 3. The highest BCUT2D eigenvalue weighted by atomic mass is 32.2. The van der Waals surface area contributed by atoms with Gasteiger partial charge in [-0.2, -0.15) is 0 Å². The molecule has 1 unspecified atom stereocenters. The Kier molecular flexibility index (Phi) is 4.65. The zero-order valence-electron chi connectivity index (χ0n) is 14.4. The maximum absolute atomic E-state index is 12.5. The molecular weight excluding hydrogens is 384 g/mol. The molecule has 4 rings (SSSR count). The van der Waals surface area contributed by atoms with Crippen LogP contribution < -0.4 is 5.43 Å². The summed E-state index contributed by atoms with van der Waals surface area (Å²) in [6.45, 7) is -0.140. The first-order valence-corrected chi connectivity index (χ1v) is 9.34. The van der Waals surface area contributed by atoms with Crippen LogP contribution in [0.5, 0.6) is 0 Å². The molecule has 10 nitrogen and oxygen atoms in total. The summed E-state index contributed by atoms with van der Waals surface area (Å²) in [5.74, 6) is -0.691. The number of fused-ring (bicyclic) bond motifs is 1. The van der Waals surface area contributed by atoms with Crippen molar-refractivity contribution in [3.8, 4) is 0 Å². The minimum Gasteiger partial charge on any atom is -0.272 e. The van der Waals surface area contributed by atoms with E-state index in [1.807, 2.05) is 12.1 Å². The van der Waals surface area contributed by atoms with Gasteiger partial charge in [-0.05, 0) is 18.2 Å². The normalized spacial score (nSPS) is 16.5. The Hall–Kier alpha value is -3.47. The van der Waals surface area contributed by atoms with Crippen molar-refractivity contribution in [1.82, 2.24) is 25.4 Å². The lowest BCUT2D eigenvalue weighted by atomic mass is 10.1. The number of nitrogens with zero attached hydrogens (tertiary/aromatic N) is 5. The first kappa shape index (κ1) is 17.9. The number of nitro groups is 1. The van der Waals surface area contributed by atoms with Crippen LogP contribution in [0.25, 0.3) is 11.0 Å². The summed E-state index contributed by atoms with van der Waals surface area (Å²) in [5, 5.41) is 19.7. The van der Waals surface area contributed by atoms with Gasteiger partial charge < -0.3 is 0 Å². The minimum atomic E-state index is -0.675. The van der Waals surface area contributed by atoms with E-state index in [4.69, 9.17) is 0 Å². The zero-order valence-corrected chi connectivity index (χ0v) is 15.2. The van der Waals surface area contributed by atoms with E-state index in [0.717, 1.165) is 5.01 Å². The van der Waals surface area contributed by atoms with Gasteiger partial charge in [-0.15, -0.1) is 16.9 Å². The number of rotatable bonds is 5. The largest absolute Gasteiger partial charge is 0.275 e. The van der Waals surface area contributed by atoms with Gasteiger partial charge >= 0.3 is 0 Å². The number of hydrogen-bond acceptors (Lipinski definition) is 7. The first-order valence-electron chi connectivity index (χ1n) is 8.29. The highest BCUT2D eigenvalue weighted by molar-refractivity contribution is 8.00. The molecule has 1 fully saturated rings. The number of para-hydroxylation sites is 2. The third-order valence-electron chi connectivity index (χ3n) is 4.23. The highest BCUT2D eigenvalue weighted by Gasteiger charge is 2.37. The summed E-state index contributed by atoms with van der Waals surface area (Å²) < 4.78 is 1.43. The number of hydrazine groups is 1. The van der Waals surface area contributed by atoms with Crippen LogP contribution in [0.15, 0.2) is 48.5 Å². The van der Waals surface area contributed by atoms with Crippen LogP contribution in [-0.2, 0) is 16.1 Å². The number of carbonyl (C=O) groups is 2. The van der Waals surface area contributed by atoms with E-state index in [0.29, 0.717) is 16.6 Å². The molecule has 1 aromatic heterocycles. The lowest BCUT2D eigenvalue weighted by Crippen LogP contribution is -2.46. The molecule has 1 aliphatic heterocycles. The third kappa shape index (κ3) is 3.27. The highest BCUT2D eigenvalue weighted by Crippen LogP contribution is 2.41. The average molecular weight is 398 g/mol. The summed E-state index contributed by atoms with van der Waals surface area (Å²) in [4.78, 5) is 35.6. The molecule has 11 heteroatoms. The summed E-state index contributed by atoms with van der Waals surface area (Å²) >= 11 is 1.22. The molecule has 1 N–H and O–H groups in total. The fourth-order valence-electron chi connectivity index (χ4n) is 2.98. The van der Waals surface area contributed by atoms with Gasteiger partial charge in [-0.25, -0.2) is 9.69 Å². The second kappa shape index (κ2) is 7.27. The monoisotopic (exact) mass is 398 g/mol. The summed E-state index contributed by atoms with van der Waals surface area (Å²) in [5.41, 5.74) is 4.16. The Morgan fingerprint density at radius 3 is 2.82 bits per heavy atom. The molecular formula is C17H14N6O4S. The first-order chi connectivity index (χ1) is 13.5. The predicted octanol–water partition coefficient (Wildman–Crippen LogP) is 1.64. The standard InChI is InChI=1S/C17H14N6O4S/c24-15(9-21-14-8-4-2-6-12(14)18-20-21)19-22-16(25)10-28-17(22)11-5-1-3-7-13(11)23(26)27/h1-8,17H,9-10H2,(H,19,24). The van der Waals surface area contributed by atoms with E-state index in [2.05, 4.69) is 15.7 Å². The lowest BCUT2D eigenvalue weighted by Gasteiger charge is -2.24. The molecule has 1 atom stereocenters. The predicted molar refractivity (Wildman–Crippen MR) is 101 cm³/mol. The lowest BCUT2D eigenvalue weighted by molar-refractivity contribution is -0.385. The quantitative estimate of drug-likeness (QED) is 0.512. The van der Waals surface area contributed by atoms with Gasteiger partial charge in [0.05, 0.1) is 21.8 Å². The Bertz CT molecular complexity index is 1080. The van der Waals surface area contributed by atoms with Crippen molar-refractivity contribution in [2.75, 3.05) is 5.75 Å². The van der Waals surface area contributed by atoms with E-state index < -0.39 is 16.2 Å².